The van der Waals surface area contributed by atoms with E-state index >= 15 is 0 Å². The van der Waals surface area contributed by atoms with E-state index in [1.807, 2.05) is 24.3 Å². The molecule has 1 aromatic carbocycles. The molecule has 0 radical (unpaired) electrons. The fourth-order valence-electron chi connectivity index (χ4n) is 1.24. The first kappa shape index (κ1) is 10.8. The molecule has 0 aliphatic rings. The number of hydrogen-bond acceptors (Lipinski definition) is 3. The fraction of sp³-hybridized carbons (Fsp3) is 0.182. The fourth-order valence-corrected chi connectivity index (χ4v) is 2.74. The highest BCUT2D eigenvalue weighted by Crippen LogP contribution is 2.32. The number of nitrogens with zero attached hydrogens (tertiary/aromatic N) is 1. The van der Waals surface area contributed by atoms with Crippen molar-refractivity contribution in [2.45, 2.75) is 13.0 Å². The third kappa shape index (κ3) is 2.27. The van der Waals surface area contributed by atoms with Gasteiger partial charge in [0, 0.05) is 16.2 Å². The predicted octanol–water partition coefficient (Wildman–Crippen LogP) is 3.63. The summed E-state index contributed by atoms with van der Waals surface area (Å²) in [6, 6.07) is 7.94. The van der Waals surface area contributed by atoms with E-state index in [9.17, 15) is 5.11 Å². The van der Waals surface area contributed by atoms with Crippen molar-refractivity contribution in [3.8, 4) is 10.6 Å². The highest BCUT2D eigenvalue weighted by Gasteiger charge is 2.10. The van der Waals surface area contributed by atoms with E-state index in [0.29, 0.717) is 0 Å². The van der Waals surface area contributed by atoms with Crippen LogP contribution in [0.3, 0.4) is 0 Å². The van der Waals surface area contributed by atoms with Gasteiger partial charge >= 0.3 is 0 Å². The number of benzene rings is 1. The smallest absolute Gasteiger partial charge is 0.124 e. The Kier molecular flexibility index (Phi) is 3.19. The van der Waals surface area contributed by atoms with Crippen LogP contribution in [0.5, 0.6) is 0 Å². The molecule has 78 valence electrons. The van der Waals surface area contributed by atoms with Crippen LogP contribution in [-0.4, -0.2) is 10.1 Å². The van der Waals surface area contributed by atoms with Crippen LogP contribution >= 0.6 is 27.3 Å². The molecule has 0 aliphatic heterocycles. The molecule has 0 saturated carbocycles. The minimum atomic E-state index is -0.446. The summed E-state index contributed by atoms with van der Waals surface area (Å²) >= 11 is 5.00. The van der Waals surface area contributed by atoms with Crippen molar-refractivity contribution in [3.05, 3.63) is 39.8 Å². The predicted molar refractivity (Wildman–Crippen MR) is 65.9 cm³/mol. The molecule has 1 unspecified atom stereocenters. The molecule has 2 aromatic rings. The maximum absolute atomic E-state index is 9.41. The standard InChI is InChI=1S/C11H10BrNOS/c1-7(14)10-6-13-11(15-10)8-4-2-3-5-9(8)12/h2-7,14H,1H3. The number of rotatable bonds is 2. The summed E-state index contributed by atoms with van der Waals surface area (Å²) in [5, 5.41) is 10.3. The van der Waals surface area contributed by atoms with Gasteiger partial charge in [0.1, 0.15) is 5.01 Å². The number of aromatic nitrogens is 1. The van der Waals surface area contributed by atoms with Crippen LogP contribution in [0.1, 0.15) is 17.9 Å². The van der Waals surface area contributed by atoms with Crippen molar-refractivity contribution in [2.24, 2.45) is 0 Å². The quantitative estimate of drug-likeness (QED) is 0.913. The second-order valence-electron chi connectivity index (χ2n) is 3.22. The third-order valence-electron chi connectivity index (χ3n) is 2.04. The average Bonchev–Trinajstić information content (AvgIpc) is 2.67. The summed E-state index contributed by atoms with van der Waals surface area (Å²) in [7, 11) is 0. The van der Waals surface area contributed by atoms with E-state index in [1.54, 1.807) is 13.1 Å². The molecule has 0 spiro atoms. The molecule has 1 aromatic heterocycles. The van der Waals surface area contributed by atoms with Crippen molar-refractivity contribution in [2.75, 3.05) is 0 Å². The Morgan fingerprint density at radius 3 is 2.73 bits per heavy atom. The lowest BCUT2D eigenvalue weighted by Gasteiger charge is -1.99. The molecule has 2 nitrogen and oxygen atoms in total. The van der Waals surface area contributed by atoms with Crippen LogP contribution < -0.4 is 0 Å². The van der Waals surface area contributed by atoms with Gasteiger partial charge in [-0.15, -0.1) is 11.3 Å². The van der Waals surface area contributed by atoms with E-state index in [0.717, 1.165) is 19.9 Å². The van der Waals surface area contributed by atoms with Crippen LogP contribution in [0.15, 0.2) is 34.9 Å². The van der Waals surface area contributed by atoms with Crippen molar-refractivity contribution < 1.29 is 5.11 Å². The second kappa shape index (κ2) is 4.43. The normalized spacial score (nSPS) is 12.7. The summed E-state index contributed by atoms with van der Waals surface area (Å²) in [5.41, 5.74) is 1.06. The topological polar surface area (TPSA) is 33.1 Å². The van der Waals surface area contributed by atoms with Gasteiger partial charge in [-0.25, -0.2) is 4.98 Å². The number of aliphatic hydroxyl groups excluding tert-OH is 1. The molecule has 2 rings (SSSR count). The van der Waals surface area contributed by atoms with Gasteiger partial charge in [-0.1, -0.05) is 34.1 Å². The first-order chi connectivity index (χ1) is 7.18. The minimum absolute atomic E-state index is 0.446. The van der Waals surface area contributed by atoms with E-state index in [1.165, 1.54) is 11.3 Å². The van der Waals surface area contributed by atoms with Gasteiger partial charge in [-0.3, -0.25) is 0 Å². The summed E-state index contributed by atoms with van der Waals surface area (Å²) in [4.78, 5) is 5.19. The lowest BCUT2D eigenvalue weighted by molar-refractivity contribution is 0.203. The van der Waals surface area contributed by atoms with Crippen molar-refractivity contribution >= 4 is 27.3 Å². The maximum Gasteiger partial charge on any atom is 0.124 e. The van der Waals surface area contributed by atoms with Crippen molar-refractivity contribution in [1.82, 2.24) is 4.98 Å². The second-order valence-corrected chi connectivity index (χ2v) is 5.14. The highest BCUT2D eigenvalue weighted by molar-refractivity contribution is 9.10. The molecule has 0 aliphatic carbocycles. The molecule has 0 saturated heterocycles. The van der Waals surface area contributed by atoms with Gasteiger partial charge in [-0.2, -0.15) is 0 Å². The van der Waals surface area contributed by atoms with Gasteiger partial charge in [0.2, 0.25) is 0 Å². The van der Waals surface area contributed by atoms with E-state index in [4.69, 9.17) is 0 Å². The maximum atomic E-state index is 9.41. The summed E-state index contributed by atoms with van der Waals surface area (Å²) in [6.45, 7) is 1.75. The Morgan fingerprint density at radius 1 is 1.40 bits per heavy atom. The zero-order valence-electron chi connectivity index (χ0n) is 8.14. The van der Waals surface area contributed by atoms with Crippen molar-refractivity contribution in [1.29, 1.82) is 0 Å². The zero-order chi connectivity index (χ0) is 10.8. The number of hydrogen-bond donors (Lipinski definition) is 1. The molecule has 0 amide bonds. The van der Waals surface area contributed by atoms with Crippen LogP contribution in [-0.2, 0) is 0 Å². The van der Waals surface area contributed by atoms with E-state index in [-0.39, 0.29) is 0 Å². The van der Waals surface area contributed by atoms with Gasteiger partial charge in [0.25, 0.3) is 0 Å². The van der Waals surface area contributed by atoms with Crippen LogP contribution in [0.2, 0.25) is 0 Å². The molecule has 0 fully saturated rings. The molecule has 1 atom stereocenters. The average molecular weight is 284 g/mol. The first-order valence-corrected chi connectivity index (χ1v) is 6.18. The Morgan fingerprint density at radius 2 is 2.13 bits per heavy atom. The summed E-state index contributed by atoms with van der Waals surface area (Å²) < 4.78 is 1.02. The molecule has 0 bridgehead atoms. The molecular weight excluding hydrogens is 274 g/mol. The zero-order valence-corrected chi connectivity index (χ0v) is 10.5. The Bertz CT molecular complexity index is 467. The van der Waals surface area contributed by atoms with Crippen molar-refractivity contribution in [3.63, 3.8) is 0 Å². The Labute approximate surface area is 101 Å². The number of thiazole rings is 1. The molecule has 15 heavy (non-hydrogen) atoms. The van der Waals surface area contributed by atoms with Crippen LogP contribution in [0, 0.1) is 0 Å². The minimum Gasteiger partial charge on any atom is -0.388 e. The van der Waals surface area contributed by atoms with Gasteiger partial charge in [0.05, 0.1) is 11.0 Å². The summed E-state index contributed by atoms with van der Waals surface area (Å²) in [5.74, 6) is 0. The largest absolute Gasteiger partial charge is 0.388 e. The first-order valence-electron chi connectivity index (χ1n) is 4.57. The monoisotopic (exact) mass is 283 g/mol. The lowest BCUT2D eigenvalue weighted by atomic mass is 10.2. The molecular formula is C11H10BrNOS. The van der Waals surface area contributed by atoms with Gasteiger partial charge in [0.15, 0.2) is 0 Å². The number of halogens is 1. The Hall–Kier alpha value is -0.710. The lowest BCUT2D eigenvalue weighted by Crippen LogP contribution is -1.83. The molecule has 1 heterocycles. The summed E-state index contributed by atoms with van der Waals surface area (Å²) in [6.07, 6.45) is 1.28. The SMILES string of the molecule is CC(O)c1cnc(-c2ccccc2Br)s1. The molecule has 4 heteroatoms. The van der Waals surface area contributed by atoms with E-state index in [2.05, 4.69) is 20.9 Å². The highest BCUT2D eigenvalue weighted by atomic mass is 79.9. The van der Waals surface area contributed by atoms with Gasteiger partial charge in [-0.05, 0) is 13.0 Å². The van der Waals surface area contributed by atoms with Crippen LogP contribution in [0.25, 0.3) is 10.6 Å². The third-order valence-corrected chi connectivity index (χ3v) is 3.93. The number of aliphatic hydroxyl groups is 1. The van der Waals surface area contributed by atoms with E-state index < -0.39 is 6.10 Å². The Balaban J connectivity index is 2.42. The van der Waals surface area contributed by atoms with Gasteiger partial charge < -0.3 is 5.11 Å². The molecule has 1 N–H and O–H groups in total. The van der Waals surface area contributed by atoms with Crippen LogP contribution in [0.4, 0.5) is 0 Å².